The van der Waals surface area contributed by atoms with Gasteiger partial charge in [-0.3, -0.25) is 0 Å². The number of benzene rings is 1. The van der Waals surface area contributed by atoms with E-state index < -0.39 is 15.2 Å². The van der Waals surface area contributed by atoms with Crippen molar-refractivity contribution in [2.24, 2.45) is 5.73 Å². The second-order valence-corrected chi connectivity index (χ2v) is 8.23. The molecule has 2 N–H and O–H groups in total. The van der Waals surface area contributed by atoms with Gasteiger partial charge in [0.15, 0.2) is 9.84 Å². The number of hydrogen-bond acceptors (Lipinski definition) is 5. The number of aryl methyl sites for hydroxylation is 1. The smallest absolute Gasteiger partial charge is 0.169 e. The molecule has 1 fully saturated rings. The molecule has 106 valence electrons. The van der Waals surface area contributed by atoms with Crippen molar-refractivity contribution in [3.63, 3.8) is 0 Å². The van der Waals surface area contributed by atoms with E-state index in [1.807, 2.05) is 30.0 Å². The summed E-state index contributed by atoms with van der Waals surface area (Å²) in [5.74, 6) is 1.60. The van der Waals surface area contributed by atoms with E-state index >= 15 is 0 Å². The topological polar surface area (TPSA) is 63.4 Å². The monoisotopic (exact) mass is 300 g/mol. The van der Waals surface area contributed by atoms with Crippen LogP contribution in [0.5, 0.6) is 0 Å². The van der Waals surface area contributed by atoms with Gasteiger partial charge in [0, 0.05) is 36.5 Å². The largest absolute Gasteiger partial charge is 0.353 e. The third kappa shape index (κ3) is 3.24. The highest BCUT2D eigenvalue weighted by Gasteiger charge is 2.31. The van der Waals surface area contributed by atoms with E-state index in [0.29, 0.717) is 12.3 Å². The van der Waals surface area contributed by atoms with Gasteiger partial charge >= 0.3 is 0 Å². The molecule has 1 saturated heterocycles. The fourth-order valence-corrected chi connectivity index (χ4v) is 5.21. The summed E-state index contributed by atoms with van der Waals surface area (Å²) in [6, 6.07) is 6.01. The van der Waals surface area contributed by atoms with E-state index in [-0.39, 0.29) is 0 Å². The Balaban J connectivity index is 2.38. The average molecular weight is 300 g/mol. The van der Waals surface area contributed by atoms with Crippen molar-refractivity contribution in [2.75, 3.05) is 29.2 Å². The quantitative estimate of drug-likeness (QED) is 0.913. The molecule has 0 spiro atoms. The Labute approximate surface area is 119 Å². The lowest BCUT2D eigenvalue weighted by atomic mass is 10.1. The molecule has 1 heterocycles. The van der Waals surface area contributed by atoms with Crippen molar-refractivity contribution in [3.05, 3.63) is 29.3 Å². The molecule has 1 aromatic carbocycles. The molecule has 0 saturated carbocycles. The molecule has 0 aromatic heterocycles. The molecule has 1 aliphatic heterocycles. The molecular weight excluding hydrogens is 280 g/mol. The number of hydrogen-bond donors (Lipinski definition) is 1. The summed E-state index contributed by atoms with van der Waals surface area (Å²) in [6.07, 6.45) is 1.32. The van der Waals surface area contributed by atoms with Crippen LogP contribution in [0.2, 0.25) is 0 Å². The highest BCUT2D eigenvalue weighted by molar-refractivity contribution is 8.01. The minimum Gasteiger partial charge on any atom is -0.353 e. The summed E-state index contributed by atoms with van der Waals surface area (Å²) in [5.41, 5.74) is 8.80. The third-order valence-electron chi connectivity index (χ3n) is 3.39. The Bertz CT molecular complexity index is 558. The third-order valence-corrected chi connectivity index (χ3v) is 6.03. The summed E-state index contributed by atoms with van der Waals surface area (Å²) in [5, 5.41) is -0.423. The standard InChI is InChI=1S/C13H20N2O2S2/c1-10-7-11(8-14)3-4-12(10)15-5-6-18-9-13(15)19(2,16)17/h3-4,7,13H,5-6,8-9,14H2,1-2H3. The SMILES string of the molecule is Cc1cc(CN)ccc1N1CCSCC1S(C)(=O)=O. The van der Waals surface area contributed by atoms with E-state index in [4.69, 9.17) is 5.73 Å². The van der Waals surface area contributed by atoms with Crippen LogP contribution in [0, 0.1) is 6.92 Å². The zero-order valence-electron chi connectivity index (χ0n) is 11.3. The normalized spacial score (nSPS) is 20.6. The molecule has 6 heteroatoms. The lowest BCUT2D eigenvalue weighted by molar-refractivity contribution is 0.584. The molecule has 2 rings (SSSR count). The summed E-state index contributed by atoms with van der Waals surface area (Å²) < 4.78 is 23.9. The van der Waals surface area contributed by atoms with Crippen LogP contribution >= 0.6 is 11.8 Å². The second kappa shape index (κ2) is 5.73. The van der Waals surface area contributed by atoms with Crippen molar-refractivity contribution in [1.29, 1.82) is 0 Å². The van der Waals surface area contributed by atoms with Gasteiger partial charge in [-0.2, -0.15) is 11.8 Å². The van der Waals surface area contributed by atoms with Crippen molar-refractivity contribution >= 4 is 27.3 Å². The highest BCUT2D eigenvalue weighted by atomic mass is 32.2. The van der Waals surface area contributed by atoms with Gasteiger partial charge in [-0.1, -0.05) is 12.1 Å². The van der Waals surface area contributed by atoms with Crippen LogP contribution < -0.4 is 10.6 Å². The van der Waals surface area contributed by atoms with Crippen LogP contribution in [0.15, 0.2) is 18.2 Å². The molecular formula is C13H20N2O2S2. The van der Waals surface area contributed by atoms with Crippen LogP contribution in [-0.4, -0.2) is 38.1 Å². The molecule has 1 aliphatic rings. The minimum atomic E-state index is -3.08. The van der Waals surface area contributed by atoms with Crippen LogP contribution in [0.4, 0.5) is 5.69 Å². The van der Waals surface area contributed by atoms with E-state index in [1.165, 1.54) is 6.26 Å². The fraction of sp³-hybridized carbons (Fsp3) is 0.538. The molecule has 1 atom stereocenters. The molecule has 4 nitrogen and oxygen atoms in total. The lowest BCUT2D eigenvalue weighted by Gasteiger charge is -2.36. The van der Waals surface area contributed by atoms with Crippen molar-refractivity contribution in [3.8, 4) is 0 Å². The van der Waals surface area contributed by atoms with Crippen LogP contribution in [0.1, 0.15) is 11.1 Å². The van der Waals surface area contributed by atoms with Crippen molar-refractivity contribution in [2.45, 2.75) is 18.8 Å². The fourth-order valence-electron chi connectivity index (χ4n) is 2.38. The molecule has 0 bridgehead atoms. The predicted molar refractivity (Wildman–Crippen MR) is 82.4 cm³/mol. The summed E-state index contributed by atoms with van der Waals surface area (Å²) >= 11 is 1.70. The maximum absolute atomic E-state index is 11.9. The van der Waals surface area contributed by atoms with E-state index in [2.05, 4.69) is 0 Å². The number of nitrogens with zero attached hydrogens (tertiary/aromatic N) is 1. The summed E-state index contributed by atoms with van der Waals surface area (Å²) in [7, 11) is -3.08. The molecule has 1 aromatic rings. The van der Waals surface area contributed by atoms with Gasteiger partial charge in [0.05, 0.1) is 0 Å². The van der Waals surface area contributed by atoms with Crippen LogP contribution in [-0.2, 0) is 16.4 Å². The van der Waals surface area contributed by atoms with Gasteiger partial charge in [0.1, 0.15) is 5.37 Å². The maximum atomic E-state index is 11.9. The Morgan fingerprint density at radius 3 is 2.79 bits per heavy atom. The van der Waals surface area contributed by atoms with Crippen molar-refractivity contribution in [1.82, 2.24) is 0 Å². The minimum absolute atomic E-state index is 0.423. The lowest BCUT2D eigenvalue weighted by Crippen LogP contribution is -2.47. The number of rotatable bonds is 3. The molecule has 19 heavy (non-hydrogen) atoms. The Morgan fingerprint density at radius 1 is 1.47 bits per heavy atom. The van der Waals surface area contributed by atoms with Crippen LogP contribution in [0.3, 0.4) is 0 Å². The first-order valence-electron chi connectivity index (χ1n) is 6.26. The Hall–Kier alpha value is -0.720. The van der Waals surface area contributed by atoms with Gasteiger partial charge in [0.25, 0.3) is 0 Å². The maximum Gasteiger partial charge on any atom is 0.169 e. The van der Waals surface area contributed by atoms with Crippen molar-refractivity contribution < 1.29 is 8.42 Å². The number of anilines is 1. The molecule has 0 amide bonds. The molecule has 1 unspecified atom stereocenters. The van der Waals surface area contributed by atoms with Gasteiger partial charge in [-0.05, 0) is 24.1 Å². The summed E-state index contributed by atoms with van der Waals surface area (Å²) in [6.45, 7) is 3.28. The number of nitrogens with two attached hydrogens (primary N) is 1. The highest BCUT2D eigenvalue weighted by Crippen LogP contribution is 2.29. The van der Waals surface area contributed by atoms with E-state index in [0.717, 1.165) is 29.1 Å². The first-order chi connectivity index (χ1) is 8.93. The first-order valence-corrected chi connectivity index (χ1v) is 9.37. The van der Waals surface area contributed by atoms with Gasteiger partial charge in [-0.25, -0.2) is 8.42 Å². The zero-order chi connectivity index (χ0) is 14.0. The zero-order valence-corrected chi connectivity index (χ0v) is 12.9. The first kappa shape index (κ1) is 14.7. The molecule has 0 radical (unpaired) electrons. The Morgan fingerprint density at radius 2 is 2.21 bits per heavy atom. The number of sulfone groups is 1. The number of thioether (sulfide) groups is 1. The van der Waals surface area contributed by atoms with Crippen LogP contribution in [0.25, 0.3) is 0 Å². The van der Waals surface area contributed by atoms with Gasteiger partial charge in [-0.15, -0.1) is 0 Å². The van der Waals surface area contributed by atoms with Gasteiger partial charge in [0.2, 0.25) is 0 Å². The predicted octanol–water partition coefficient (Wildman–Crippen LogP) is 1.38. The molecule has 0 aliphatic carbocycles. The second-order valence-electron chi connectivity index (χ2n) is 4.88. The van der Waals surface area contributed by atoms with E-state index in [9.17, 15) is 8.42 Å². The van der Waals surface area contributed by atoms with Gasteiger partial charge < -0.3 is 10.6 Å². The Kier molecular flexibility index (Phi) is 4.43. The van der Waals surface area contributed by atoms with E-state index in [1.54, 1.807) is 11.8 Å². The average Bonchev–Trinajstić information content (AvgIpc) is 2.37. The summed E-state index contributed by atoms with van der Waals surface area (Å²) in [4.78, 5) is 2.02.